The smallest absolute Gasteiger partial charge is 0.145 e. The van der Waals surface area contributed by atoms with Crippen LogP contribution >= 0.6 is 23.5 Å². The summed E-state index contributed by atoms with van der Waals surface area (Å²) in [7, 11) is 0. The molecule has 0 aromatic heterocycles. The third-order valence-corrected chi connectivity index (χ3v) is 5.88. The average Bonchev–Trinajstić information content (AvgIpc) is 3.12. The molecule has 0 saturated heterocycles. The van der Waals surface area contributed by atoms with Crippen LogP contribution in [0.5, 0.6) is 0 Å². The van der Waals surface area contributed by atoms with Gasteiger partial charge >= 0.3 is 0 Å². The molecule has 152 valence electrons. The fourth-order valence-corrected chi connectivity index (χ4v) is 4.20. The number of aldehydes is 1. The molecule has 0 atom stereocenters. The Bertz CT molecular complexity index is 986. The fraction of sp³-hybridized carbons (Fsp3) is 0.160. The highest BCUT2D eigenvalue weighted by Gasteiger charge is 2.20. The lowest BCUT2D eigenvalue weighted by Crippen LogP contribution is -1.73. The van der Waals surface area contributed by atoms with Crippen molar-refractivity contribution in [2.75, 3.05) is 0 Å². The van der Waals surface area contributed by atoms with Crippen molar-refractivity contribution in [3.05, 3.63) is 103 Å². The van der Waals surface area contributed by atoms with E-state index in [-0.39, 0.29) is 0 Å². The SMILES string of the molecule is C\C(C=O)=C/C=C/C(C)=C/C=C/C=C(C)/C=C/C=C(\C)C=C1SC(C#N)=C(C#N)S1. The summed E-state index contributed by atoms with van der Waals surface area (Å²) in [6, 6.07) is 4.12. The van der Waals surface area contributed by atoms with E-state index in [4.69, 9.17) is 10.5 Å². The zero-order valence-electron chi connectivity index (χ0n) is 17.5. The van der Waals surface area contributed by atoms with Crippen LogP contribution in [0, 0.1) is 22.7 Å². The Morgan fingerprint density at radius 3 is 1.57 bits per heavy atom. The molecule has 0 saturated carbocycles. The van der Waals surface area contributed by atoms with Gasteiger partial charge in [-0.3, -0.25) is 4.79 Å². The maximum atomic E-state index is 10.5. The van der Waals surface area contributed by atoms with Crippen molar-refractivity contribution < 1.29 is 4.79 Å². The van der Waals surface area contributed by atoms with Crippen LogP contribution in [0.1, 0.15) is 27.7 Å². The third-order valence-electron chi connectivity index (χ3n) is 3.61. The van der Waals surface area contributed by atoms with Gasteiger partial charge in [0.1, 0.15) is 28.2 Å². The van der Waals surface area contributed by atoms with Crippen molar-refractivity contribution in [1.29, 1.82) is 10.5 Å². The number of rotatable bonds is 8. The first kappa shape index (κ1) is 25.0. The quantitative estimate of drug-likeness (QED) is 0.230. The van der Waals surface area contributed by atoms with Gasteiger partial charge in [0, 0.05) is 0 Å². The highest BCUT2D eigenvalue weighted by molar-refractivity contribution is 8.28. The number of carbonyl (C=O) groups excluding carboxylic acids is 1. The summed E-state index contributed by atoms with van der Waals surface area (Å²) in [5.41, 5.74) is 3.94. The van der Waals surface area contributed by atoms with Crippen molar-refractivity contribution in [3.63, 3.8) is 0 Å². The maximum Gasteiger partial charge on any atom is 0.145 e. The second kappa shape index (κ2) is 14.1. The van der Waals surface area contributed by atoms with Gasteiger partial charge in [-0.2, -0.15) is 10.5 Å². The van der Waals surface area contributed by atoms with Crippen LogP contribution in [0.2, 0.25) is 0 Å². The van der Waals surface area contributed by atoms with E-state index in [1.807, 2.05) is 81.5 Å². The Kier molecular flexibility index (Phi) is 11.7. The van der Waals surface area contributed by atoms with Gasteiger partial charge in [-0.05, 0) is 44.9 Å². The Morgan fingerprint density at radius 2 is 1.13 bits per heavy atom. The summed E-state index contributed by atoms with van der Waals surface area (Å²) in [6.45, 7) is 7.78. The standard InChI is InChI=1S/C25H24N2OS2/c1-19(9-5-6-10-20(2)12-8-14-22(4)18-28)11-7-13-21(3)15-25-29-23(16-26)24(17-27)30-25/h5-15,18H,1-4H3/b6-5+,11-7+,12-8+,19-9+,20-10+,21-13+,22-14+. The van der Waals surface area contributed by atoms with Gasteiger partial charge in [0.05, 0.1) is 4.24 Å². The lowest BCUT2D eigenvalue weighted by Gasteiger charge is -1.95. The highest BCUT2D eigenvalue weighted by atomic mass is 32.2. The number of hydrogen-bond donors (Lipinski definition) is 0. The molecule has 0 aromatic carbocycles. The van der Waals surface area contributed by atoms with Crippen LogP contribution in [-0.4, -0.2) is 6.29 Å². The molecule has 30 heavy (non-hydrogen) atoms. The van der Waals surface area contributed by atoms with E-state index in [2.05, 4.69) is 12.1 Å². The molecule has 0 unspecified atom stereocenters. The van der Waals surface area contributed by atoms with E-state index in [0.29, 0.717) is 15.4 Å². The fourth-order valence-electron chi connectivity index (χ4n) is 2.02. The Morgan fingerprint density at radius 1 is 0.700 bits per heavy atom. The molecule has 3 nitrogen and oxygen atoms in total. The third kappa shape index (κ3) is 9.98. The lowest BCUT2D eigenvalue weighted by molar-refractivity contribution is -0.104. The lowest BCUT2D eigenvalue weighted by atomic mass is 10.2. The number of carbonyl (C=O) groups is 1. The first-order valence-electron chi connectivity index (χ1n) is 9.18. The molecule has 1 rings (SSSR count). The molecule has 0 N–H and O–H groups in total. The first-order valence-corrected chi connectivity index (χ1v) is 10.8. The molecule has 1 heterocycles. The normalized spacial score (nSPS) is 16.7. The summed E-state index contributed by atoms with van der Waals surface area (Å²) in [5, 5.41) is 18.1. The van der Waals surface area contributed by atoms with E-state index in [0.717, 1.165) is 27.2 Å². The van der Waals surface area contributed by atoms with Crippen LogP contribution in [0.25, 0.3) is 0 Å². The first-order chi connectivity index (χ1) is 14.4. The van der Waals surface area contributed by atoms with Crippen LogP contribution in [0.4, 0.5) is 0 Å². The number of nitrogens with zero attached hydrogens (tertiary/aromatic N) is 2. The summed E-state index contributed by atoms with van der Waals surface area (Å²) < 4.78 is 0.938. The molecule has 0 fully saturated rings. The van der Waals surface area contributed by atoms with Crippen LogP contribution in [0.15, 0.2) is 103 Å². The average molecular weight is 433 g/mol. The maximum absolute atomic E-state index is 10.5. The van der Waals surface area contributed by atoms with Gasteiger partial charge in [-0.1, -0.05) is 95.4 Å². The number of thioether (sulfide) groups is 2. The Hall–Kier alpha value is -2.99. The largest absolute Gasteiger partial charge is 0.298 e. The molecule has 5 heteroatoms. The monoisotopic (exact) mass is 432 g/mol. The van der Waals surface area contributed by atoms with Crippen molar-refractivity contribution in [3.8, 4) is 12.1 Å². The summed E-state index contributed by atoms with van der Waals surface area (Å²) in [5.74, 6) is 0. The molecule has 1 aliphatic rings. The van der Waals surface area contributed by atoms with Gasteiger partial charge in [0.2, 0.25) is 0 Å². The van der Waals surface area contributed by atoms with Crippen LogP contribution in [-0.2, 0) is 4.79 Å². The predicted octanol–water partition coefficient (Wildman–Crippen LogP) is 7.22. The van der Waals surface area contributed by atoms with Crippen LogP contribution in [0.3, 0.4) is 0 Å². The second-order valence-corrected chi connectivity index (χ2v) is 8.78. The molecule has 0 aliphatic carbocycles. The van der Waals surface area contributed by atoms with E-state index in [1.165, 1.54) is 23.5 Å². The molecule has 1 aliphatic heterocycles. The highest BCUT2D eigenvalue weighted by Crippen LogP contribution is 2.48. The Labute approximate surface area is 187 Å². The van der Waals surface area contributed by atoms with Gasteiger partial charge in [0.15, 0.2) is 0 Å². The molecule has 0 bridgehead atoms. The predicted molar refractivity (Wildman–Crippen MR) is 130 cm³/mol. The minimum Gasteiger partial charge on any atom is -0.298 e. The van der Waals surface area contributed by atoms with Gasteiger partial charge in [0.25, 0.3) is 0 Å². The summed E-state index contributed by atoms with van der Waals surface area (Å²) in [4.78, 5) is 11.5. The second-order valence-electron chi connectivity index (χ2n) is 6.41. The van der Waals surface area contributed by atoms with Crippen molar-refractivity contribution in [2.45, 2.75) is 27.7 Å². The Balaban J connectivity index is 2.62. The van der Waals surface area contributed by atoms with Gasteiger partial charge in [-0.15, -0.1) is 0 Å². The van der Waals surface area contributed by atoms with Gasteiger partial charge < -0.3 is 0 Å². The van der Waals surface area contributed by atoms with E-state index < -0.39 is 0 Å². The van der Waals surface area contributed by atoms with E-state index in [9.17, 15) is 4.79 Å². The van der Waals surface area contributed by atoms with Crippen LogP contribution < -0.4 is 0 Å². The molecule has 0 spiro atoms. The molecule has 0 aromatic rings. The minimum absolute atomic E-state index is 0.468. The minimum atomic E-state index is 0.468. The van der Waals surface area contributed by atoms with Crippen molar-refractivity contribution in [1.82, 2.24) is 0 Å². The van der Waals surface area contributed by atoms with Crippen molar-refractivity contribution in [2.24, 2.45) is 0 Å². The summed E-state index contributed by atoms with van der Waals surface area (Å²) in [6.07, 6.45) is 22.4. The topological polar surface area (TPSA) is 64.7 Å². The van der Waals surface area contributed by atoms with Crippen molar-refractivity contribution >= 4 is 29.8 Å². The van der Waals surface area contributed by atoms with E-state index in [1.54, 1.807) is 13.0 Å². The number of allylic oxidation sites excluding steroid dienone is 17. The zero-order valence-corrected chi connectivity index (χ0v) is 19.2. The molecular weight excluding hydrogens is 408 g/mol. The van der Waals surface area contributed by atoms with E-state index >= 15 is 0 Å². The molecular formula is C25H24N2OS2. The molecule has 0 radical (unpaired) electrons. The molecule has 0 amide bonds. The zero-order chi connectivity index (χ0) is 22.4. The van der Waals surface area contributed by atoms with Gasteiger partial charge in [-0.25, -0.2) is 0 Å². The summed E-state index contributed by atoms with van der Waals surface area (Å²) >= 11 is 2.68. The number of hydrogen-bond acceptors (Lipinski definition) is 5. The number of nitriles is 2.